The minimum absolute atomic E-state index is 0.0287. The van der Waals surface area contributed by atoms with Crippen LogP contribution in [0.3, 0.4) is 0 Å². The molecule has 0 aliphatic carbocycles. The van der Waals surface area contributed by atoms with E-state index in [1.807, 2.05) is 24.3 Å². The van der Waals surface area contributed by atoms with Crippen LogP contribution in [0.5, 0.6) is 0 Å². The molecule has 0 N–H and O–H groups in total. The Hall–Kier alpha value is -2.67. The molecule has 4 aromatic rings. The molecule has 0 radical (unpaired) electrons. The number of fused-ring (bicyclic) bond motifs is 1. The van der Waals surface area contributed by atoms with Crippen LogP contribution in [-0.2, 0) is 6.42 Å². The number of para-hydroxylation sites is 1. The summed E-state index contributed by atoms with van der Waals surface area (Å²) >= 11 is 13.4. The minimum Gasteiger partial charge on any atom is -0.294 e. The molecular formula is C27H20Cl2F3NOS. The van der Waals surface area contributed by atoms with Crippen molar-refractivity contribution in [3.63, 3.8) is 0 Å². The molecule has 0 fully saturated rings. The number of aryl methyl sites for hydroxylation is 2. The SMILES string of the molecule is Cc1cc(/C=C/C(c2cc(Cl)cc(Cl)c2)C(F)(F)F)ccc1C(=O)CCc1nc2ccccc2s1. The van der Waals surface area contributed by atoms with Crippen LogP contribution < -0.4 is 0 Å². The van der Waals surface area contributed by atoms with Gasteiger partial charge in [-0.15, -0.1) is 11.3 Å². The molecule has 0 saturated heterocycles. The molecule has 35 heavy (non-hydrogen) atoms. The number of allylic oxidation sites excluding steroid dienone is 1. The van der Waals surface area contributed by atoms with Gasteiger partial charge in [0.2, 0.25) is 0 Å². The molecule has 0 spiro atoms. The summed E-state index contributed by atoms with van der Waals surface area (Å²) in [7, 11) is 0. The first-order chi connectivity index (χ1) is 16.6. The fourth-order valence-electron chi connectivity index (χ4n) is 3.86. The number of carbonyl (C=O) groups is 1. The number of ketones is 1. The van der Waals surface area contributed by atoms with E-state index in [-0.39, 0.29) is 21.4 Å². The van der Waals surface area contributed by atoms with Crippen LogP contribution in [0, 0.1) is 6.92 Å². The first-order valence-corrected chi connectivity index (χ1v) is 12.4. The van der Waals surface area contributed by atoms with Gasteiger partial charge in [0.1, 0.15) is 0 Å². The van der Waals surface area contributed by atoms with Crippen molar-refractivity contribution >= 4 is 56.6 Å². The maximum absolute atomic E-state index is 13.7. The average molecular weight is 534 g/mol. The van der Waals surface area contributed by atoms with Gasteiger partial charge in [-0.1, -0.05) is 65.7 Å². The van der Waals surface area contributed by atoms with E-state index in [0.717, 1.165) is 21.3 Å². The van der Waals surface area contributed by atoms with Crippen molar-refractivity contribution in [3.05, 3.63) is 104 Å². The van der Waals surface area contributed by atoms with Gasteiger partial charge < -0.3 is 0 Å². The normalized spacial score (nSPS) is 13.0. The van der Waals surface area contributed by atoms with E-state index < -0.39 is 12.1 Å². The van der Waals surface area contributed by atoms with Crippen molar-refractivity contribution in [2.24, 2.45) is 0 Å². The van der Waals surface area contributed by atoms with Crippen LogP contribution in [0.1, 0.15) is 44.4 Å². The van der Waals surface area contributed by atoms with Crippen molar-refractivity contribution in [1.29, 1.82) is 0 Å². The molecule has 3 aromatic carbocycles. The predicted octanol–water partition coefficient (Wildman–Crippen LogP) is 9.09. The van der Waals surface area contributed by atoms with Crippen molar-refractivity contribution in [3.8, 4) is 0 Å². The smallest absolute Gasteiger partial charge is 0.294 e. The number of rotatable bonds is 7. The Labute approximate surface area is 215 Å². The predicted molar refractivity (Wildman–Crippen MR) is 138 cm³/mol. The molecule has 1 heterocycles. The summed E-state index contributed by atoms with van der Waals surface area (Å²) in [5, 5.41) is 1.18. The molecule has 0 bridgehead atoms. The van der Waals surface area contributed by atoms with Crippen molar-refractivity contribution in [2.75, 3.05) is 0 Å². The van der Waals surface area contributed by atoms with Crippen LogP contribution in [0.15, 0.2) is 66.7 Å². The highest BCUT2D eigenvalue weighted by atomic mass is 35.5. The summed E-state index contributed by atoms with van der Waals surface area (Å²) in [6, 6.07) is 16.7. The molecule has 180 valence electrons. The lowest BCUT2D eigenvalue weighted by molar-refractivity contribution is -0.139. The third-order valence-electron chi connectivity index (χ3n) is 5.53. The minimum atomic E-state index is -4.52. The number of nitrogens with zero attached hydrogens (tertiary/aromatic N) is 1. The standard InChI is InChI=1S/C27H20Cl2F3NOS/c1-16-12-17(7-9-22(27(30,31)32)18-13-19(28)15-20(29)14-18)6-8-21(16)24(34)10-11-26-33-23-4-2-3-5-25(23)35-26/h2-9,12-15,22H,10-11H2,1H3/b9-7+. The molecule has 1 unspecified atom stereocenters. The Kier molecular flexibility index (Phi) is 7.64. The van der Waals surface area contributed by atoms with Gasteiger partial charge in [0, 0.05) is 28.5 Å². The molecule has 1 aromatic heterocycles. The van der Waals surface area contributed by atoms with E-state index in [1.165, 1.54) is 24.3 Å². The number of alkyl halides is 3. The maximum atomic E-state index is 13.7. The van der Waals surface area contributed by atoms with Gasteiger partial charge in [0.05, 0.1) is 21.1 Å². The van der Waals surface area contributed by atoms with Crippen molar-refractivity contribution in [2.45, 2.75) is 31.9 Å². The van der Waals surface area contributed by atoms with Crippen LogP contribution in [0.4, 0.5) is 13.2 Å². The van der Waals surface area contributed by atoms with Crippen LogP contribution in [0.2, 0.25) is 10.0 Å². The summed E-state index contributed by atoms with van der Waals surface area (Å²) in [5.41, 5.74) is 2.70. The summed E-state index contributed by atoms with van der Waals surface area (Å²) < 4.78 is 42.3. The molecule has 2 nitrogen and oxygen atoms in total. The number of benzene rings is 3. The first kappa shape index (κ1) is 25.4. The van der Waals surface area contributed by atoms with E-state index >= 15 is 0 Å². The second-order valence-electron chi connectivity index (χ2n) is 8.15. The molecule has 0 saturated carbocycles. The van der Waals surface area contributed by atoms with Crippen molar-refractivity contribution in [1.82, 2.24) is 4.98 Å². The van der Waals surface area contributed by atoms with E-state index in [0.29, 0.717) is 29.5 Å². The van der Waals surface area contributed by atoms with Crippen molar-refractivity contribution < 1.29 is 18.0 Å². The quantitative estimate of drug-likeness (QED) is 0.221. The summed E-state index contributed by atoms with van der Waals surface area (Å²) in [6.07, 6.45) is -1.20. The Morgan fingerprint density at radius 3 is 2.43 bits per heavy atom. The van der Waals surface area contributed by atoms with E-state index in [2.05, 4.69) is 4.98 Å². The molecule has 4 rings (SSSR count). The largest absolute Gasteiger partial charge is 0.399 e. The lowest BCUT2D eigenvalue weighted by atomic mass is 9.95. The lowest BCUT2D eigenvalue weighted by Gasteiger charge is -2.18. The summed E-state index contributed by atoms with van der Waals surface area (Å²) in [5.74, 6) is -1.90. The molecular weight excluding hydrogens is 514 g/mol. The van der Waals surface area contributed by atoms with Crippen LogP contribution >= 0.6 is 34.5 Å². The van der Waals surface area contributed by atoms with Gasteiger partial charge in [-0.2, -0.15) is 13.2 Å². The fourth-order valence-corrected chi connectivity index (χ4v) is 5.37. The van der Waals surface area contributed by atoms with E-state index in [1.54, 1.807) is 36.5 Å². The van der Waals surface area contributed by atoms with E-state index in [4.69, 9.17) is 23.2 Å². The van der Waals surface area contributed by atoms with Gasteiger partial charge in [0.15, 0.2) is 5.78 Å². The van der Waals surface area contributed by atoms with Gasteiger partial charge in [-0.3, -0.25) is 4.79 Å². The van der Waals surface area contributed by atoms with Gasteiger partial charge in [-0.25, -0.2) is 4.98 Å². The van der Waals surface area contributed by atoms with Crippen LogP contribution in [-0.4, -0.2) is 16.9 Å². The molecule has 0 aliphatic rings. The zero-order chi connectivity index (χ0) is 25.2. The second-order valence-corrected chi connectivity index (χ2v) is 10.1. The third kappa shape index (κ3) is 6.31. The molecule has 0 aliphatic heterocycles. The number of carbonyl (C=O) groups excluding carboxylic acids is 1. The zero-order valence-corrected chi connectivity index (χ0v) is 20.9. The number of thiazole rings is 1. The highest BCUT2D eigenvalue weighted by Crippen LogP contribution is 2.38. The third-order valence-corrected chi connectivity index (χ3v) is 7.07. The fraction of sp³-hybridized carbons (Fsp3) is 0.185. The molecule has 8 heteroatoms. The number of aromatic nitrogens is 1. The van der Waals surface area contributed by atoms with Gasteiger partial charge in [-0.05, 0) is 53.9 Å². The molecule has 1 atom stereocenters. The monoisotopic (exact) mass is 533 g/mol. The van der Waals surface area contributed by atoms with E-state index in [9.17, 15) is 18.0 Å². The number of hydrogen-bond acceptors (Lipinski definition) is 3. The Balaban J connectivity index is 1.48. The molecule has 0 amide bonds. The highest BCUT2D eigenvalue weighted by Gasteiger charge is 2.39. The Morgan fingerprint density at radius 2 is 1.77 bits per heavy atom. The van der Waals surface area contributed by atoms with Gasteiger partial charge >= 0.3 is 6.18 Å². The average Bonchev–Trinajstić information content (AvgIpc) is 3.19. The topological polar surface area (TPSA) is 30.0 Å². The Morgan fingerprint density at radius 1 is 1.06 bits per heavy atom. The lowest BCUT2D eigenvalue weighted by Crippen LogP contribution is -2.18. The number of Topliss-reactive ketones (excluding diaryl/α,β-unsaturated/α-hetero) is 1. The highest BCUT2D eigenvalue weighted by molar-refractivity contribution is 7.18. The second kappa shape index (κ2) is 10.5. The van der Waals surface area contributed by atoms with Gasteiger partial charge in [0.25, 0.3) is 0 Å². The Bertz CT molecular complexity index is 1360. The number of halogens is 5. The summed E-state index contributed by atoms with van der Waals surface area (Å²) in [4.78, 5) is 17.4. The first-order valence-electron chi connectivity index (χ1n) is 10.8. The number of hydrogen-bond donors (Lipinski definition) is 0. The maximum Gasteiger partial charge on any atom is 0.399 e. The zero-order valence-electron chi connectivity index (χ0n) is 18.6. The summed E-state index contributed by atoms with van der Waals surface area (Å²) in [6.45, 7) is 1.78. The van der Waals surface area contributed by atoms with Crippen LogP contribution in [0.25, 0.3) is 16.3 Å².